The third-order valence-electron chi connectivity index (χ3n) is 5.62. The molecule has 0 spiro atoms. The number of ketones is 1. The van der Waals surface area contributed by atoms with E-state index in [4.69, 9.17) is 0 Å². The van der Waals surface area contributed by atoms with Crippen molar-refractivity contribution in [3.8, 4) is 5.69 Å². The minimum atomic E-state index is -0.378. The van der Waals surface area contributed by atoms with Crippen LogP contribution in [0, 0.1) is 6.92 Å². The van der Waals surface area contributed by atoms with Gasteiger partial charge in [0.15, 0.2) is 5.78 Å². The molecule has 0 aliphatic rings. The van der Waals surface area contributed by atoms with E-state index >= 15 is 0 Å². The van der Waals surface area contributed by atoms with Gasteiger partial charge in [-0.2, -0.15) is 0 Å². The highest BCUT2D eigenvalue weighted by Crippen LogP contribution is 2.13. The molecule has 170 valence electrons. The number of rotatable bonds is 13. The van der Waals surface area contributed by atoms with Crippen LogP contribution in [-0.4, -0.2) is 39.0 Å². The molecule has 2 rings (SSSR count). The number of nitrogens with one attached hydrogen (secondary N) is 1. The first-order valence-electron chi connectivity index (χ1n) is 11.6. The Morgan fingerprint density at radius 3 is 2.23 bits per heavy atom. The summed E-state index contributed by atoms with van der Waals surface area (Å²) in [6.45, 7) is 7.65. The molecule has 0 saturated heterocycles. The van der Waals surface area contributed by atoms with Crippen LogP contribution in [0.3, 0.4) is 0 Å². The fourth-order valence-electron chi connectivity index (χ4n) is 3.80. The summed E-state index contributed by atoms with van der Waals surface area (Å²) >= 11 is 0. The zero-order valence-corrected chi connectivity index (χ0v) is 19.4. The van der Waals surface area contributed by atoms with Crippen molar-refractivity contribution in [1.29, 1.82) is 0 Å². The van der Waals surface area contributed by atoms with Crippen molar-refractivity contribution in [2.75, 3.05) is 6.54 Å². The molecule has 31 heavy (non-hydrogen) atoms. The first kappa shape index (κ1) is 24.6. The lowest BCUT2D eigenvalue weighted by molar-refractivity contribution is -0.132. The van der Waals surface area contributed by atoms with Crippen LogP contribution in [0.5, 0.6) is 0 Å². The van der Waals surface area contributed by atoms with Crippen molar-refractivity contribution in [2.24, 2.45) is 0 Å². The summed E-state index contributed by atoms with van der Waals surface area (Å²) in [7, 11) is 0. The van der Waals surface area contributed by atoms with Gasteiger partial charge in [0, 0.05) is 18.2 Å². The maximum Gasteiger partial charge on any atom is 0.282 e. The van der Waals surface area contributed by atoms with Crippen molar-refractivity contribution in [1.82, 2.24) is 14.7 Å². The fourth-order valence-corrected chi connectivity index (χ4v) is 3.80. The monoisotopic (exact) mass is 427 g/mol. The Morgan fingerprint density at radius 2 is 1.61 bits per heavy atom. The van der Waals surface area contributed by atoms with E-state index in [9.17, 15) is 14.4 Å². The molecule has 1 amide bonds. The number of Topliss-reactive ketones (excluding diaryl/α,β-unsaturated/α-hetero) is 1. The molecule has 2 aromatic rings. The Labute approximate surface area is 185 Å². The highest BCUT2D eigenvalue weighted by molar-refractivity contribution is 6.00. The zero-order chi connectivity index (χ0) is 22.8. The molecule has 0 bridgehead atoms. The van der Waals surface area contributed by atoms with E-state index in [2.05, 4.69) is 12.0 Å². The Hall–Kier alpha value is -2.63. The summed E-state index contributed by atoms with van der Waals surface area (Å²) in [5.74, 6) is -0.344. The normalized spacial score (nSPS) is 11.1. The van der Waals surface area contributed by atoms with Gasteiger partial charge in [-0.1, -0.05) is 63.6 Å². The number of para-hydroxylation sites is 1. The van der Waals surface area contributed by atoms with Gasteiger partial charge < -0.3 is 4.90 Å². The third-order valence-corrected chi connectivity index (χ3v) is 5.62. The highest BCUT2D eigenvalue weighted by atomic mass is 16.2. The van der Waals surface area contributed by atoms with Gasteiger partial charge in [0.1, 0.15) is 5.56 Å². The molecule has 1 N–H and O–H groups in total. The molecule has 6 heteroatoms. The number of aromatic amines is 1. The van der Waals surface area contributed by atoms with Crippen molar-refractivity contribution >= 4 is 11.7 Å². The molecule has 1 aromatic heterocycles. The summed E-state index contributed by atoms with van der Waals surface area (Å²) in [5.41, 5.74) is 0.933. The highest BCUT2D eigenvalue weighted by Gasteiger charge is 2.25. The minimum Gasteiger partial charge on any atom is -0.333 e. The molecule has 0 aliphatic carbocycles. The van der Waals surface area contributed by atoms with Crippen LogP contribution in [0.1, 0.15) is 88.2 Å². The first-order valence-corrected chi connectivity index (χ1v) is 11.6. The Morgan fingerprint density at radius 1 is 1.00 bits per heavy atom. The van der Waals surface area contributed by atoms with E-state index in [1.165, 1.54) is 30.4 Å². The summed E-state index contributed by atoms with van der Waals surface area (Å²) in [6.07, 6.45) is 8.44. The first-order chi connectivity index (χ1) is 14.9. The number of carbonyl (C=O) groups is 2. The standard InChI is InChI=1S/C25H37N3O3/c1-5-6-7-8-9-10-14-17-23(30)27(19(2)3)18-22(29)24-20(4)26-28(25(24)31)21-15-12-11-13-16-21/h11-13,15-16,19,26H,5-10,14,17-18H2,1-4H3. The molecule has 1 aromatic carbocycles. The van der Waals surface area contributed by atoms with E-state index in [1.807, 2.05) is 32.0 Å². The number of amides is 1. The van der Waals surface area contributed by atoms with Crippen LogP contribution >= 0.6 is 0 Å². The Kier molecular flexibility index (Phi) is 9.76. The molecular formula is C25H37N3O3. The van der Waals surface area contributed by atoms with Crippen LogP contribution in [0.15, 0.2) is 35.1 Å². The van der Waals surface area contributed by atoms with E-state index < -0.39 is 0 Å². The van der Waals surface area contributed by atoms with Crippen molar-refractivity contribution in [3.05, 3.63) is 51.9 Å². The zero-order valence-electron chi connectivity index (χ0n) is 19.4. The van der Waals surface area contributed by atoms with Crippen LogP contribution in [0.4, 0.5) is 0 Å². The lowest BCUT2D eigenvalue weighted by atomic mass is 10.1. The lowest BCUT2D eigenvalue weighted by Gasteiger charge is -2.26. The molecular weight excluding hydrogens is 390 g/mol. The van der Waals surface area contributed by atoms with Crippen LogP contribution < -0.4 is 5.56 Å². The van der Waals surface area contributed by atoms with E-state index in [1.54, 1.807) is 24.0 Å². The molecule has 0 fully saturated rings. The molecule has 0 atom stereocenters. The van der Waals surface area contributed by atoms with E-state index in [0.717, 1.165) is 19.3 Å². The van der Waals surface area contributed by atoms with Gasteiger partial charge in [-0.3, -0.25) is 19.5 Å². The predicted octanol–water partition coefficient (Wildman–Crippen LogP) is 5.03. The largest absolute Gasteiger partial charge is 0.333 e. The number of hydrogen-bond donors (Lipinski definition) is 1. The second-order valence-electron chi connectivity index (χ2n) is 8.50. The van der Waals surface area contributed by atoms with E-state index in [0.29, 0.717) is 17.8 Å². The smallest absolute Gasteiger partial charge is 0.282 e. The fraction of sp³-hybridized carbons (Fsp3) is 0.560. The quantitative estimate of drug-likeness (QED) is 0.360. The third kappa shape index (κ3) is 6.94. The van der Waals surface area contributed by atoms with E-state index in [-0.39, 0.29) is 35.4 Å². The Balaban J connectivity index is 2.00. The van der Waals surface area contributed by atoms with Gasteiger partial charge in [0.25, 0.3) is 5.56 Å². The van der Waals surface area contributed by atoms with Crippen molar-refractivity contribution < 1.29 is 9.59 Å². The number of carbonyl (C=O) groups excluding carboxylic acids is 2. The van der Waals surface area contributed by atoms with Crippen LogP contribution in [-0.2, 0) is 4.79 Å². The number of unbranched alkanes of at least 4 members (excludes halogenated alkanes) is 6. The number of aryl methyl sites for hydroxylation is 1. The summed E-state index contributed by atoms with van der Waals surface area (Å²) in [5, 5.41) is 2.98. The lowest BCUT2D eigenvalue weighted by Crippen LogP contribution is -2.41. The Bertz CT molecular complexity index is 896. The summed E-state index contributed by atoms with van der Waals surface area (Å²) < 4.78 is 1.38. The number of H-pyrrole nitrogens is 1. The maximum absolute atomic E-state index is 13.0. The van der Waals surface area contributed by atoms with Gasteiger partial charge in [-0.15, -0.1) is 0 Å². The van der Waals surface area contributed by atoms with Gasteiger partial charge in [-0.05, 0) is 39.3 Å². The van der Waals surface area contributed by atoms with Gasteiger partial charge in [0.2, 0.25) is 5.91 Å². The topological polar surface area (TPSA) is 75.2 Å². The second-order valence-corrected chi connectivity index (χ2v) is 8.50. The molecule has 1 heterocycles. The number of benzene rings is 1. The SMILES string of the molecule is CCCCCCCCCC(=O)N(CC(=O)c1c(C)[nH]n(-c2ccccc2)c1=O)C(C)C. The number of hydrogen-bond acceptors (Lipinski definition) is 3. The second kappa shape index (κ2) is 12.3. The van der Waals surface area contributed by atoms with Crippen molar-refractivity contribution in [3.63, 3.8) is 0 Å². The van der Waals surface area contributed by atoms with Gasteiger partial charge >= 0.3 is 0 Å². The molecule has 6 nitrogen and oxygen atoms in total. The minimum absolute atomic E-state index is 0.0199. The molecule has 0 saturated carbocycles. The van der Waals surface area contributed by atoms with Crippen LogP contribution in [0.25, 0.3) is 5.69 Å². The number of aromatic nitrogens is 2. The van der Waals surface area contributed by atoms with Gasteiger partial charge in [0.05, 0.1) is 12.2 Å². The maximum atomic E-state index is 13.0. The molecule has 0 aliphatic heterocycles. The number of nitrogens with zero attached hydrogens (tertiary/aromatic N) is 2. The summed E-state index contributed by atoms with van der Waals surface area (Å²) in [4.78, 5) is 40.2. The predicted molar refractivity (Wildman–Crippen MR) is 125 cm³/mol. The molecule has 0 radical (unpaired) electrons. The van der Waals surface area contributed by atoms with Gasteiger partial charge in [-0.25, -0.2) is 4.68 Å². The average molecular weight is 428 g/mol. The summed E-state index contributed by atoms with van der Waals surface area (Å²) in [6, 6.07) is 9.05. The molecule has 0 unspecified atom stereocenters. The average Bonchev–Trinajstić information content (AvgIpc) is 3.05. The van der Waals surface area contributed by atoms with Crippen molar-refractivity contribution in [2.45, 2.75) is 85.1 Å². The van der Waals surface area contributed by atoms with Crippen LogP contribution in [0.2, 0.25) is 0 Å².